The molecule has 146 valence electrons. The number of piperidine rings is 1. The standard InChI is InChI=1S/C19H23BrFN3O2S/c1-19(2,3)26-18(25)24-9-7-11(8-10-24)17-23-15(16(20)27-17)12-5-4-6-13(22)14(12)21/h4-6,11H,7-10,22H2,1-3H3. The number of likely N-dealkylation sites (tertiary alicyclic amines) is 1. The van der Waals surface area contributed by atoms with Crippen molar-refractivity contribution in [3.05, 3.63) is 32.8 Å². The molecule has 5 nitrogen and oxygen atoms in total. The molecule has 0 unspecified atom stereocenters. The highest BCUT2D eigenvalue weighted by Gasteiger charge is 2.29. The molecule has 2 aromatic rings. The van der Waals surface area contributed by atoms with Crippen molar-refractivity contribution in [2.24, 2.45) is 0 Å². The second kappa shape index (κ2) is 7.75. The molecule has 1 fully saturated rings. The van der Waals surface area contributed by atoms with Crippen LogP contribution in [0.1, 0.15) is 44.5 Å². The number of aromatic nitrogens is 1. The number of nitrogens with two attached hydrogens (primary N) is 1. The summed E-state index contributed by atoms with van der Waals surface area (Å²) < 4.78 is 20.6. The topological polar surface area (TPSA) is 68.5 Å². The summed E-state index contributed by atoms with van der Waals surface area (Å²) in [6.07, 6.45) is 1.33. The Bertz CT molecular complexity index is 842. The molecule has 1 saturated heterocycles. The molecule has 1 amide bonds. The largest absolute Gasteiger partial charge is 0.444 e. The number of carbonyl (C=O) groups excluding carboxylic acids is 1. The Morgan fingerprint density at radius 1 is 1.37 bits per heavy atom. The highest BCUT2D eigenvalue weighted by Crippen LogP contribution is 2.40. The van der Waals surface area contributed by atoms with Gasteiger partial charge in [0, 0.05) is 24.6 Å². The molecule has 0 saturated carbocycles. The summed E-state index contributed by atoms with van der Waals surface area (Å²) >= 11 is 5.02. The van der Waals surface area contributed by atoms with Gasteiger partial charge in [0.25, 0.3) is 0 Å². The zero-order chi connectivity index (χ0) is 19.8. The van der Waals surface area contributed by atoms with E-state index >= 15 is 0 Å². The number of nitrogens with zero attached hydrogens (tertiary/aromatic N) is 2. The molecular formula is C19H23BrFN3O2S. The van der Waals surface area contributed by atoms with Crippen molar-refractivity contribution in [2.75, 3.05) is 18.8 Å². The number of benzene rings is 1. The number of ether oxygens (including phenoxy) is 1. The molecule has 0 radical (unpaired) electrons. The molecule has 1 aromatic carbocycles. The van der Waals surface area contributed by atoms with E-state index in [4.69, 9.17) is 10.5 Å². The molecule has 8 heteroatoms. The highest BCUT2D eigenvalue weighted by atomic mass is 79.9. The average molecular weight is 456 g/mol. The van der Waals surface area contributed by atoms with Crippen molar-refractivity contribution in [1.82, 2.24) is 9.88 Å². The van der Waals surface area contributed by atoms with E-state index in [-0.39, 0.29) is 17.7 Å². The van der Waals surface area contributed by atoms with E-state index in [1.807, 2.05) is 20.8 Å². The SMILES string of the molecule is CC(C)(C)OC(=O)N1CCC(c2nc(-c3cccc(N)c3F)c(Br)s2)CC1. The zero-order valence-electron chi connectivity index (χ0n) is 15.6. The van der Waals surface area contributed by atoms with Crippen LogP contribution in [0.25, 0.3) is 11.3 Å². The summed E-state index contributed by atoms with van der Waals surface area (Å²) in [6.45, 7) is 6.84. The van der Waals surface area contributed by atoms with Gasteiger partial charge in [0.1, 0.15) is 5.60 Å². The lowest BCUT2D eigenvalue weighted by atomic mass is 9.98. The Morgan fingerprint density at radius 3 is 2.67 bits per heavy atom. The van der Waals surface area contributed by atoms with Gasteiger partial charge >= 0.3 is 6.09 Å². The molecule has 2 heterocycles. The minimum atomic E-state index is -0.495. The summed E-state index contributed by atoms with van der Waals surface area (Å²) in [5.41, 5.74) is 6.27. The molecular weight excluding hydrogens is 433 g/mol. The van der Waals surface area contributed by atoms with Gasteiger partial charge in [-0.1, -0.05) is 6.07 Å². The molecule has 0 spiro atoms. The summed E-state index contributed by atoms with van der Waals surface area (Å²) in [4.78, 5) is 18.6. The first-order valence-electron chi connectivity index (χ1n) is 8.84. The first kappa shape index (κ1) is 20.1. The zero-order valence-corrected chi connectivity index (χ0v) is 18.0. The predicted molar refractivity (Wildman–Crippen MR) is 109 cm³/mol. The van der Waals surface area contributed by atoms with Gasteiger partial charge in [-0.25, -0.2) is 14.2 Å². The number of nitrogen functional groups attached to an aromatic ring is 1. The van der Waals surface area contributed by atoms with Gasteiger partial charge in [-0.15, -0.1) is 11.3 Å². The fraction of sp³-hybridized carbons (Fsp3) is 0.474. The maximum atomic E-state index is 14.4. The second-order valence-corrected chi connectivity index (χ2v) is 9.97. The van der Waals surface area contributed by atoms with Crippen molar-refractivity contribution in [1.29, 1.82) is 0 Å². The van der Waals surface area contributed by atoms with E-state index in [0.29, 0.717) is 24.3 Å². The van der Waals surface area contributed by atoms with Gasteiger partial charge in [-0.3, -0.25) is 0 Å². The fourth-order valence-electron chi connectivity index (χ4n) is 3.03. The fourth-order valence-corrected chi connectivity index (χ4v) is 4.80. The summed E-state index contributed by atoms with van der Waals surface area (Å²) in [6, 6.07) is 4.94. The second-order valence-electron chi connectivity index (χ2n) is 7.62. The van der Waals surface area contributed by atoms with Crippen molar-refractivity contribution >= 4 is 39.0 Å². The molecule has 27 heavy (non-hydrogen) atoms. The summed E-state index contributed by atoms with van der Waals surface area (Å²) in [5, 5.41) is 0.947. The number of rotatable bonds is 2. The molecule has 0 aliphatic carbocycles. The van der Waals surface area contributed by atoms with Crippen LogP contribution in [0.15, 0.2) is 22.0 Å². The van der Waals surface area contributed by atoms with Crippen LogP contribution in [-0.2, 0) is 4.74 Å². The van der Waals surface area contributed by atoms with Crippen LogP contribution in [0.2, 0.25) is 0 Å². The van der Waals surface area contributed by atoms with Crippen LogP contribution in [0.5, 0.6) is 0 Å². The van der Waals surface area contributed by atoms with Crippen molar-refractivity contribution < 1.29 is 13.9 Å². The number of carbonyl (C=O) groups is 1. The summed E-state index contributed by atoms with van der Waals surface area (Å²) in [7, 11) is 0. The van der Waals surface area contributed by atoms with E-state index in [2.05, 4.69) is 20.9 Å². The summed E-state index contributed by atoms with van der Waals surface area (Å²) in [5.74, 6) is -0.211. The molecule has 1 aromatic heterocycles. The minimum Gasteiger partial charge on any atom is -0.444 e. The van der Waals surface area contributed by atoms with Crippen LogP contribution >= 0.6 is 27.3 Å². The average Bonchev–Trinajstić information content (AvgIpc) is 2.97. The molecule has 0 atom stereocenters. The molecule has 0 bridgehead atoms. The minimum absolute atomic E-state index is 0.111. The van der Waals surface area contributed by atoms with E-state index in [1.54, 1.807) is 17.0 Å². The number of anilines is 1. The third-order valence-corrected chi connectivity index (χ3v) is 6.25. The third-order valence-electron chi connectivity index (χ3n) is 4.38. The van der Waals surface area contributed by atoms with E-state index in [9.17, 15) is 9.18 Å². The molecule has 3 rings (SSSR count). The quantitative estimate of drug-likeness (QED) is 0.614. The first-order chi connectivity index (χ1) is 12.7. The van der Waals surface area contributed by atoms with Crippen LogP contribution < -0.4 is 5.73 Å². The Hall–Kier alpha value is -1.67. The Labute approximate surface area is 170 Å². The number of hydrogen-bond acceptors (Lipinski definition) is 5. The number of amides is 1. The monoisotopic (exact) mass is 455 g/mol. The Kier molecular flexibility index (Phi) is 5.76. The highest BCUT2D eigenvalue weighted by molar-refractivity contribution is 9.11. The normalized spacial score (nSPS) is 15.8. The number of hydrogen-bond donors (Lipinski definition) is 1. The van der Waals surface area contributed by atoms with Crippen molar-refractivity contribution in [3.63, 3.8) is 0 Å². The van der Waals surface area contributed by atoms with E-state index in [0.717, 1.165) is 21.6 Å². The molecule has 1 aliphatic heterocycles. The van der Waals surface area contributed by atoms with Gasteiger partial charge in [-0.2, -0.15) is 0 Å². The molecule has 1 aliphatic rings. The smallest absolute Gasteiger partial charge is 0.410 e. The van der Waals surface area contributed by atoms with Gasteiger partial charge in [0.15, 0.2) is 5.82 Å². The van der Waals surface area contributed by atoms with Gasteiger partial charge < -0.3 is 15.4 Å². The molecule has 2 N–H and O–H groups in total. The van der Waals surface area contributed by atoms with Crippen LogP contribution in [-0.4, -0.2) is 34.7 Å². The van der Waals surface area contributed by atoms with E-state index in [1.165, 1.54) is 17.4 Å². The Balaban J connectivity index is 1.71. The van der Waals surface area contributed by atoms with Crippen LogP contribution in [0.4, 0.5) is 14.9 Å². The lowest BCUT2D eigenvalue weighted by molar-refractivity contribution is 0.0205. The van der Waals surface area contributed by atoms with Crippen LogP contribution in [0, 0.1) is 5.82 Å². The number of thiazole rings is 1. The first-order valence-corrected chi connectivity index (χ1v) is 10.4. The van der Waals surface area contributed by atoms with Crippen molar-refractivity contribution in [3.8, 4) is 11.3 Å². The van der Waals surface area contributed by atoms with Crippen LogP contribution in [0.3, 0.4) is 0 Å². The maximum Gasteiger partial charge on any atom is 0.410 e. The maximum absolute atomic E-state index is 14.4. The van der Waals surface area contributed by atoms with Gasteiger partial charge in [0.05, 0.1) is 20.2 Å². The number of halogens is 2. The van der Waals surface area contributed by atoms with Gasteiger partial charge in [-0.05, 0) is 61.7 Å². The predicted octanol–water partition coefficient (Wildman–Crippen LogP) is 5.41. The van der Waals surface area contributed by atoms with Crippen molar-refractivity contribution in [2.45, 2.75) is 45.1 Å². The third kappa shape index (κ3) is 4.60. The Morgan fingerprint density at radius 2 is 2.04 bits per heavy atom. The van der Waals surface area contributed by atoms with Gasteiger partial charge in [0.2, 0.25) is 0 Å². The lowest BCUT2D eigenvalue weighted by Crippen LogP contribution is -2.41. The van der Waals surface area contributed by atoms with E-state index < -0.39 is 11.4 Å². The lowest BCUT2D eigenvalue weighted by Gasteiger charge is -2.32.